The first-order valence-corrected chi connectivity index (χ1v) is 9.62. The summed E-state index contributed by atoms with van der Waals surface area (Å²) in [6.45, 7) is 1.92. The van der Waals surface area contributed by atoms with E-state index >= 15 is 0 Å². The molecule has 1 heterocycles. The number of thiazole rings is 1. The number of thioether (sulfide) groups is 1. The van der Waals surface area contributed by atoms with Gasteiger partial charge in [0.2, 0.25) is 5.91 Å². The molecule has 0 aliphatic heterocycles. The molecule has 0 saturated heterocycles. The number of benzene rings is 2. The molecular formula is C19H18N2OS2. The highest BCUT2D eigenvalue weighted by Gasteiger charge is 2.14. The van der Waals surface area contributed by atoms with Crippen LogP contribution in [0.1, 0.15) is 12.6 Å². The number of aromatic nitrogens is 1. The van der Waals surface area contributed by atoms with Crippen LogP contribution in [0.3, 0.4) is 0 Å². The predicted molar refractivity (Wildman–Crippen MR) is 103 cm³/mol. The smallest absolute Gasteiger partial charge is 0.237 e. The van der Waals surface area contributed by atoms with Gasteiger partial charge in [-0.15, -0.1) is 23.1 Å². The van der Waals surface area contributed by atoms with Gasteiger partial charge in [0.25, 0.3) is 0 Å². The van der Waals surface area contributed by atoms with Crippen LogP contribution in [0.15, 0.2) is 66.0 Å². The number of hydrogen-bond donors (Lipinski definition) is 1. The van der Waals surface area contributed by atoms with Crippen molar-refractivity contribution >= 4 is 34.7 Å². The zero-order valence-corrected chi connectivity index (χ0v) is 14.9. The van der Waals surface area contributed by atoms with Crippen LogP contribution < -0.4 is 5.32 Å². The van der Waals surface area contributed by atoms with Crippen molar-refractivity contribution in [2.45, 2.75) is 17.9 Å². The molecule has 24 heavy (non-hydrogen) atoms. The fourth-order valence-electron chi connectivity index (χ4n) is 2.14. The minimum absolute atomic E-state index is 0.0183. The molecule has 1 aromatic heterocycles. The Morgan fingerprint density at radius 3 is 2.50 bits per heavy atom. The summed E-state index contributed by atoms with van der Waals surface area (Å²) < 4.78 is 0. The van der Waals surface area contributed by atoms with Gasteiger partial charge in [0, 0.05) is 22.4 Å². The number of para-hydroxylation sites is 1. The molecule has 3 aromatic rings. The number of nitrogens with one attached hydrogen (secondary N) is 1. The first kappa shape index (κ1) is 16.7. The molecular weight excluding hydrogens is 336 g/mol. The maximum atomic E-state index is 12.2. The van der Waals surface area contributed by atoms with Crippen LogP contribution in [0.25, 0.3) is 10.6 Å². The van der Waals surface area contributed by atoms with E-state index in [9.17, 15) is 4.79 Å². The Morgan fingerprint density at radius 1 is 1.12 bits per heavy atom. The van der Waals surface area contributed by atoms with Gasteiger partial charge in [0.05, 0.1) is 10.9 Å². The second-order valence-electron chi connectivity index (χ2n) is 5.32. The Hall–Kier alpha value is -2.11. The van der Waals surface area contributed by atoms with Crippen LogP contribution in [0, 0.1) is 0 Å². The van der Waals surface area contributed by atoms with Gasteiger partial charge >= 0.3 is 0 Å². The van der Waals surface area contributed by atoms with E-state index in [1.165, 1.54) is 0 Å². The number of amides is 1. The lowest BCUT2D eigenvalue weighted by Gasteiger charge is -2.11. The average molecular weight is 355 g/mol. The Morgan fingerprint density at radius 2 is 1.79 bits per heavy atom. The number of hydrogen-bond acceptors (Lipinski definition) is 4. The van der Waals surface area contributed by atoms with Crippen molar-refractivity contribution in [1.82, 2.24) is 4.98 Å². The zero-order valence-electron chi connectivity index (χ0n) is 13.3. The minimum Gasteiger partial charge on any atom is -0.325 e. The van der Waals surface area contributed by atoms with E-state index in [1.54, 1.807) is 23.1 Å². The molecule has 1 N–H and O–H groups in total. The van der Waals surface area contributed by atoms with Gasteiger partial charge in [-0.2, -0.15) is 0 Å². The Balaban J connectivity index is 1.54. The van der Waals surface area contributed by atoms with Crippen molar-refractivity contribution in [2.24, 2.45) is 0 Å². The molecule has 0 spiro atoms. The fourth-order valence-corrected chi connectivity index (χ4v) is 3.85. The van der Waals surface area contributed by atoms with Gasteiger partial charge in [-0.3, -0.25) is 4.79 Å². The van der Waals surface area contributed by atoms with Crippen LogP contribution in [-0.4, -0.2) is 16.1 Å². The summed E-state index contributed by atoms with van der Waals surface area (Å²) in [5, 5.41) is 5.89. The van der Waals surface area contributed by atoms with Crippen molar-refractivity contribution in [1.29, 1.82) is 0 Å². The van der Waals surface area contributed by atoms with Gasteiger partial charge in [-0.25, -0.2) is 4.98 Å². The summed E-state index contributed by atoms with van der Waals surface area (Å²) in [6.07, 6.45) is 0. The molecule has 122 valence electrons. The van der Waals surface area contributed by atoms with E-state index in [-0.39, 0.29) is 11.2 Å². The number of rotatable bonds is 6. The first-order valence-electron chi connectivity index (χ1n) is 7.70. The van der Waals surface area contributed by atoms with E-state index in [1.807, 2.05) is 55.5 Å². The lowest BCUT2D eigenvalue weighted by molar-refractivity contribution is -0.115. The topological polar surface area (TPSA) is 42.0 Å². The maximum absolute atomic E-state index is 12.2. The Kier molecular flexibility index (Phi) is 5.67. The zero-order chi connectivity index (χ0) is 16.8. The van der Waals surface area contributed by atoms with E-state index in [4.69, 9.17) is 0 Å². The van der Waals surface area contributed by atoms with Gasteiger partial charge < -0.3 is 5.32 Å². The summed E-state index contributed by atoms with van der Waals surface area (Å²) in [7, 11) is 0. The van der Waals surface area contributed by atoms with Crippen molar-refractivity contribution in [3.63, 3.8) is 0 Å². The normalized spacial score (nSPS) is 11.9. The standard InChI is InChI=1S/C19H18N2OS2/c1-14(18(22)20-16-10-6-3-7-11-16)23-12-17-13-24-19(21-17)15-8-4-2-5-9-15/h2-11,13-14H,12H2,1H3,(H,20,22)/t14-/m1/s1. The van der Waals surface area contributed by atoms with E-state index in [0.717, 1.165) is 27.7 Å². The number of anilines is 1. The minimum atomic E-state index is -0.132. The summed E-state index contributed by atoms with van der Waals surface area (Å²) in [5.41, 5.74) is 2.98. The van der Waals surface area contributed by atoms with Crippen molar-refractivity contribution < 1.29 is 4.79 Å². The predicted octanol–water partition coefficient (Wildman–Crippen LogP) is 5.07. The summed E-state index contributed by atoms with van der Waals surface area (Å²) in [5.74, 6) is 0.747. The lowest BCUT2D eigenvalue weighted by Crippen LogP contribution is -2.22. The van der Waals surface area contributed by atoms with Gasteiger partial charge in [0.15, 0.2) is 0 Å². The van der Waals surface area contributed by atoms with Gasteiger partial charge in [-0.05, 0) is 19.1 Å². The summed E-state index contributed by atoms with van der Waals surface area (Å²) in [6, 6.07) is 19.7. The average Bonchev–Trinajstić information content (AvgIpc) is 3.10. The molecule has 3 rings (SSSR count). The molecule has 1 atom stereocenters. The van der Waals surface area contributed by atoms with Crippen LogP contribution in [0.2, 0.25) is 0 Å². The molecule has 0 saturated carbocycles. The summed E-state index contributed by atoms with van der Waals surface area (Å²) in [4.78, 5) is 16.9. The fraction of sp³-hybridized carbons (Fsp3) is 0.158. The van der Waals surface area contributed by atoms with Gasteiger partial charge in [-0.1, -0.05) is 48.5 Å². The number of nitrogens with zero attached hydrogens (tertiary/aromatic N) is 1. The Bertz CT molecular complexity index is 787. The number of carbonyl (C=O) groups is 1. The highest BCUT2D eigenvalue weighted by atomic mass is 32.2. The summed E-state index contributed by atoms with van der Waals surface area (Å²) >= 11 is 3.24. The molecule has 0 aliphatic carbocycles. The van der Waals surface area contributed by atoms with E-state index in [0.29, 0.717) is 0 Å². The second kappa shape index (κ2) is 8.13. The Labute approximate surface area is 150 Å². The molecule has 0 aliphatic rings. The highest BCUT2D eigenvalue weighted by Crippen LogP contribution is 2.26. The third-order valence-electron chi connectivity index (χ3n) is 3.46. The maximum Gasteiger partial charge on any atom is 0.237 e. The molecule has 0 unspecified atom stereocenters. The van der Waals surface area contributed by atoms with E-state index < -0.39 is 0 Å². The second-order valence-corrected chi connectivity index (χ2v) is 7.51. The molecule has 0 radical (unpaired) electrons. The molecule has 2 aromatic carbocycles. The molecule has 0 bridgehead atoms. The monoisotopic (exact) mass is 354 g/mol. The largest absolute Gasteiger partial charge is 0.325 e. The van der Waals surface area contributed by atoms with Crippen molar-refractivity contribution in [2.75, 3.05) is 5.32 Å². The molecule has 3 nitrogen and oxygen atoms in total. The van der Waals surface area contributed by atoms with Crippen LogP contribution in [-0.2, 0) is 10.5 Å². The van der Waals surface area contributed by atoms with Crippen LogP contribution >= 0.6 is 23.1 Å². The first-order chi connectivity index (χ1) is 11.7. The quantitative estimate of drug-likeness (QED) is 0.672. The molecule has 5 heteroatoms. The molecule has 0 fully saturated rings. The number of carbonyl (C=O) groups excluding carboxylic acids is 1. The van der Waals surface area contributed by atoms with Crippen molar-refractivity contribution in [3.05, 3.63) is 71.7 Å². The lowest BCUT2D eigenvalue weighted by atomic mass is 10.2. The third kappa shape index (κ3) is 4.46. The van der Waals surface area contributed by atoms with Crippen molar-refractivity contribution in [3.8, 4) is 10.6 Å². The highest BCUT2D eigenvalue weighted by molar-refractivity contribution is 7.99. The third-order valence-corrected chi connectivity index (χ3v) is 5.58. The van der Waals surface area contributed by atoms with E-state index in [2.05, 4.69) is 27.8 Å². The van der Waals surface area contributed by atoms with Crippen LogP contribution in [0.5, 0.6) is 0 Å². The van der Waals surface area contributed by atoms with Gasteiger partial charge in [0.1, 0.15) is 5.01 Å². The van der Waals surface area contributed by atoms with Crippen LogP contribution in [0.4, 0.5) is 5.69 Å². The molecule has 1 amide bonds. The SMILES string of the molecule is C[C@@H](SCc1csc(-c2ccccc2)n1)C(=O)Nc1ccccc1.